The number of fused-ring (bicyclic) bond motifs is 1. The fourth-order valence-corrected chi connectivity index (χ4v) is 2.34. The predicted octanol–water partition coefficient (Wildman–Crippen LogP) is 2.81. The number of carbonyl (C=O) groups is 1. The Labute approximate surface area is 131 Å². The average molecular weight is 311 g/mol. The summed E-state index contributed by atoms with van der Waals surface area (Å²) in [5, 5.41) is 7.74. The number of rotatable bonds is 3. The van der Waals surface area contributed by atoms with E-state index in [1.165, 1.54) is 28.9 Å². The molecule has 0 aliphatic carbocycles. The van der Waals surface area contributed by atoms with Crippen LogP contribution in [0.1, 0.15) is 17.4 Å². The summed E-state index contributed by atoms with van der Waals surface area (Å²) in [6.45, 7) is 2.14. The molecule has 3 rings (SSSR count). The van der Waals surface area contributed by atoms with Crippen molar-refractivity contribution in [2.45, 2.75) is 13.5 Å². The quantitative estimate of drug-likeness (QED) is 0.809. The van der Waals surface area contributed by atoms with Crippen LogP contribution >= 0.6 is 0 Å². The lowest BCUT2D eigenvalue weighted by molar-refractivity contribution is 0.102. The smallest absolute Gasteiger partial charge is 0.276 e. The molecule has 1 heterocycles. The summed E-state index contributed by atoms with van der Waals surface area (Å²) < 4.78 is 14.2. The fraction of sp³-hybridized carbons (Fsp3) is 0.118. The van der Waals surface area contributed by atoms with E-state index in [-0.39, 0.29) is 17.1 Å². The summed E-state index contributed by atoms with van der Waals surface area (Å²) in [6.07, 6.45) is 0. The fourth-order valence-electron chi connectivity index (χ4n) is 2.34. The second kappa shape index (κ2) is 6.00. The normalized spacial score (nSPS) is 10.7. The molecular weight excluding hydrogens is 297 g/mol. The van der Waals surface area contributed by atoms with Gasteiger partial charge in [0.2, 0.25) is 0 Å². The average Bonchev–Trinajstić information content (AvgIpc) is 2.57. The minimum absolute atomic E-state index is 0.159. The number of aryl methyl sites for hydroxylation is 1. The number of hydrogen-bond donors (Lipinski definition) is 1. The highest BCUT2D eigenvalue weighted by Crippen LogP contribution is 2.16. The minimum Gasteiger partial charge on any atom is -0.321 e. The largest absolute Gasteiger partial charge is 0.321 e. The Morgan fingerprint density at radius 1 is 1.13 bits per heavy atom. The molecule has 1 N–H and O–H groups in total. The first-order valence-corrected chi connectivity index (χ1v) is 7.17. The van der Waals surface area contributed by atoms with E-state index < -0.39 is 5.91 Å². The number of anilines is 1. The Morgan fingerprint density at radius 2 is 1.78 bits per heavy atom. The van der Waals surface area contributed by atoms with E-state index >= 15 is 0 Å². The number of aromatic nitrogens is 2. The van der Waals surface area contributed by atoms with Crippen LogP contribution in [0.25, 0.3) is 10.8 Å². The number of nitrogens with zero attached hydrogens (tertiary/aromatic N) is 2. The van der Waals surface area contributed by atoms with Crippen molar-refractivity contribution in [1.29, 1.82) is 0 Å². The third kappa shape index (κ3) is 2.83. The molecule has 0 saturated heterocycles. The van der Waals surface area contributed by atoms with Crippen molar-refractivity contribution in [2.75, 3.05) is 5.32 Å². The Balaban J connectivity index is 2.08. The molecule has 1 aromatic heterocycles. The van der Waals surface area contributed by atoms with Gasteiger partial charge in [-0.15, -0.1) is 0 Å². The van der Waals surface area contributed by atoms with Gasteiger partial charge < -0.3 is 5.32 Å². The molecule has 0 unspecified atom stereocenters. The molecule has 6 heteroatoms. The number of hydrogen-bond acceptors (Lipinski definition) is 3. The summed E-state index contributed by atoms with van der Waals surface area (Å²) in [5.74, 6) is -0.832. The molecule has 0 spiro atoms. The third-order valence-electron chi connectivity index (χ3n) is 3.48. The molecule has 1 amide bonds. The van der Waals surface area contributed by atoms with Crippen molar-refractivity contribution in [3.63, 3.8) is 0 Å². The Hall–Kier alpha value is -3.02. The molecule has 0 saturated carbocycles. The van der Waals surface area contributed by atoms with Crippen LogP contribution in [0.2, 0.25) is 0 Å². The Bertz CT molecular complexity index is 933. The maximum absolute atomic E-state index is 12.9. The van der Waals surface area contributed by atoms with E-state index in [0.29, 0.717) is 23.0 Å². The Morgan fingerprint density at radius 3 is 2.43 bits per heavy atom. The van der Waals surface area contributed by atoms with Crippen LogP contribution in [-0.4, -0.2) is 15.7 Å². The topological polar surface area (TPSA) is 64.0 Å². The van der Waals surface area contributed by atoms with Crippen molar-refractivity contribution in [2.24, 2.45) is 0 Å². The zero-order chi connectivity index (χ0) is 16.4. The zero-order valence-corrected chi connectivity index (χ0v) is 12.4. The summed E-state index contributed by atoms with van der Waals surface area (Å²) >= 11 is 0. The van der Waals surface area contributed by atoms with E-state index in [9.17, 15) is 14.0 Å². The van der Waals surface area contributed by atoms with Gasteiger partial charge in [-0.1, -0.05) is 18.2 Å². The van der Waals surface area contributed by atoms with Crippen LogP contribution in [0.5, 0.6) is 0 Å². The molecule has 23 heavy (non-hydrogen) atoms. The van der Waals surface area contributed by atoms with E-state index in [1.807, 2.05) is 0 Å². The molecular formula is C17H14FN3O2. The predicted molar refractivity (Wildman–Crippen MR) is 86.0 cm³/mol. The molecule has 0 atom stereocenters. The third-order valence-corrected chi connectivity index (χ3v) is 3.48. The summed E-state index contributed by atoms with van der Waals surface area (Å²) in [5.41, 5.74) is 0.379. The first kappa shape index (κ1) is 14.9. The van der Waals surface area contributed by atoms with Crippen LogP contribution < -0.4 is 10.9 Å². The van der Waals surface area contributed by atoms with E-state index in [2.05, 4.69) is 10.4 Å². The van der Waals surface area contributed by atoms with E-state index in [0.717, 1.165) is 0 Å². The van der Waals surface area contributed by atoms with Gasteiger partial charge in [-0.25, -0.2) is 9.07 Å². The lowest BCUT2D eigenvalue weighted by atomic mass is 10.1. The van der Waals surface area contributed by atoms with Crippen molar-refractivity contribution in [1.82, 2.24) is 9.78 Å². The lowest BCUT2D eigenvalue weighted by Crippen LogP contribution is -2.27. The number of halogens is 1. The first-order chi connectivity index (χ1) is 11.1. The Kier molecular flexibility index (Phi) is 3.89. The van der Waals surface area contributed by atoms with Crippen LogP contribution in [0.3, 0.4) is 0 Å². The van der Waals surface area contributed by atoms with Crippen LogP contribution in [-0.2, 0) is 6.54 Å². The highest BCUT2D eigenvalue weighted by Gasteiger charge is 2.16. The van der Waals surface area contributed by atoms with Crippen LogP contribution in [0, 0.1) is 5.82 Å². The van der Waals surface area contributed by atoms with Gasteiger partial charge in [0, 0.05) is 17.6 Å². The van der Waals surface area contributed by atoms with Crippen molar-refractivity contribution >= 4 is 22.4 Å². The summed E-state index contributed by atoms with van der Waals surface area (Å²) in [6, 6.07) is 12.3. The molecule has 0 aliphatic rings. The standard InChI is InChI=1S/C17H14FN3O2/c1-2-21-17(23)14-6-4-3-5-13(14)15(20-21)16(22)19-12-9-7-11(18)8-10-12/h3-10H,2H2,1H3,(H,19,22). The number of benzene rings is 2. The van der Waals surface area contributed by atoms with Gasteiger partial charge in [0.05, 0.1) is 5.39 Å². The number of amides is 1. The van der Waals surface area contributed by atoms with Crippen LogP contribution in [0.4, 0.5) is 10.1 Å². The minimum atomic E-state index is -0.449. The lowest BCUT2D eigenvalue weighted by Gasteiger charge is -2.10. The maximum Gasteiger partial charge on any atom is 0.276 e. The van der Waals surface area contributed by atoms with Gasteiger partial charge in [-0.3, -0.25) is 9.59 Å². The molecule has 3 aromatic rings. The zero-order valence-electron chi connectivity index (χ0n) is 12.4. The highest BCUT2D eigenvalue weighted by atomic mass is 19.1. The van der Waals surface area contributed by atoms with E-state index in [4.69, 9.17) is 0 Å². The molecule has 0 fully saturated rings. The number of carbonyl (C=O) groups excluding carboxylic acids is 1. The van der Waals surface area contributed by atoms with Crippen molar-refractivity contribution in [3.05, 3.63) is 70.4 Å². The van der Waals surface area contributed by atoms with Gasteiger partial charge in [0.25, 0.3) is 11.5 Å². The monoisotopic (exact) mass is 311 g/mol. The second-order valence-corrected chi connectivity index (χ2v) is 4.98. The summed E-state index contributed by atoms with van der Waals surface area (Å²) in [4.78, 5) is 24.8. The SMILES string of the molecule is CCn1nc(C(=O)Nc2ccc(F)cc2)c2ccccc2c1=O. The van der Waals surface area contributed by atoms with Crippen LogP contribution in [0.15, 0.2) is 53.3 Å². The van der Waals surface area contributed by atoms with Gasteiger partial charge >= 0.3 is 0 Å². The van der Waals surface area contributed by atoms with Gasteiger partial charge in [-0.05, 0) is 37.3 Å². The molecule has 2 aromatic carbocycles. The van der Waals surface area contributed by atoms with Gasteiger partial charge in [0.15, 0.2) is 5.69 Å². The molecule has 116 valence electrons. The second-order valence-electron chi connectivity index (χ2n) is 4.98. The maximum atomic E-state index is 12.9. The molecule has 0 aliphatic heterocycles. The molecule has 0 bridgehead atoms. The summed E-state index contributed by atoms with van der Waals surface area (Å²) in [7, 11) is 0. The van der Waals surface area contributed by atoms with Gasteiger partial charge in [-0.2, -0.15) is 5.10 Å². The van der Waals surface area contributed by atoms with Crippen molar-refractivity contribution < 1.29 is 9.18 Å². The highest BCUT2D eigenvalue weighted by molar-refractivity contribution is 6.11. The van der Waals surface area contributed by atoms with Gasteiger partial charge in [0.1, 0.15) is 5.82 Å². The first-order valence-electron chi connectivity index (χ1n) is 7.17. The van der Waals surface area contributed by atoms with Crippen molar-refractivity contribution in [3.8, 4) is 0 Å². The number of nitrogens with one attached hydrogen (secondary N) is 1. The molecule has 0 radical (unpaired) electrons. The van der Waals surface area contributed by atoms with E-state index in [1.54, 1.807) is 31.2 Å². The molecule has 5 nitrogen and oxygen atoms in total.